The molecule has 0 spiro atoms. The highest BCUT2D eigenvalue weighted by molar-refractivity contribution is 5.41. The lowest BCUT2D eigenvalue weighted by Gasteiger charge is -2.24. The third-order valence-corrected chi connectivity index (χ3v) is 4.70. The molecular weight excluding hydrogens is 324 g/mol. The number of nitrogens with one attached hydrogen (secondary N) is 1. The van der Waals surface area contributed by atoms with E-state index in [0.29, 0.717) is 17.9 Å². The molecule has 1 atom stereocenters. The van der Waals surface area contributed by atoms with Gasteiger partial charge >= 0.3 is 0 Å². The Morgan fingerprint density at radius 3 is 2.58 bits per heavy atom. The van der Waals surface area contributed by atoms with Gasteiger partial charge in [-0.3, -0.25) is 10.2 Å². The molecule has 2 aromatic heterocycles. The summed E-state index contributed by atoms with van der Waals surface area (Å²) in [5, 5.41) is 3.08. The maximum atomic E-state index is 4.71. The van der Waals surface area contributed by atoms with Crippen molar-refractivity contribution in [1.29, 1.82) is 0 Å². The quantitative estimate of drug-likeness (QED) is 0.738. The Labute approximate surface area is 153 Å². The highest BCUT2D eigenvalue weighted by Crippen LogP contribution is 2.31. The lowest BCUT2D eigenvalue weighted by Crippen LogP contribution is -2.26. The molecule has 6 nitrogen and oxygen atoms in total. The van der Waals surface area contributed by atoms with E-state index in [0.717, 1.165) is 31.6 Å². The fourth-order valence-electron chi connectivity index (χ4n) is 3.43. The molecule has 3 aromatic rings. The van der Waals surface area contributed by atoms with Gasteiger partial charge in [0, 0.05) is 25.1 Å². The van der Waals surface area contributed by atoms with E-state index in [-0.39, 0.29) is 0 Å². The number of hydrogen-bond donors (Lipinski definition) is 1. The van der Waals surface area contributed by atoms with E-state index in [1.165, 1.54) is 12.0 Å². The van der Waals surface area contributed by atoms with Crippen LogP contribution in [0.2, 0.25) is 0 Å². The van der Waals surface area contributed by atoms with Crippen LogP contribution in [0, 0.1) is 0 Å². The predicted molar refractivity (Wildman–Crippen MR) is 101 cm³/mol. The molecule has 0 amide bonds. The van der Waals surface area contributed by atoms with Crippen LogP contribution in [0.1, 0.15) is 30.1 Å². The number of hydrogen-bond acceptors (Lipinski definition) is 6. The first-order chi connectivity index (χ1) is 12.9. The number of anilines is 2. The molecule has 0 bridgehead atoms. The van der Waals surface area contributed by atoms with E-state index in [1.807, 2.05) is 6.07 Å². The van der Waals surface area contributed by atoms with Crippen molar-refractivity contribution in [2.45, 2.75) is 25.3 Å². The zero-order valence-electron chi connectivity index (χ0n) is 14.6. The van der Waals surface area contributed by atoms with Gasteiger partial charge in [0.1, 0.15) is 0 Å². The largest absolute Gasteiger partial charge is 0.294 e. The molecule has 1 aliphatic rings. The molecule has 4 rings (SSSR count). The van der Waals surface area contributed by atoms with Gasteiger partial charge in [-0.2, -0.15) is 0 Å². The van der Waals surface area contributed by atoms with Crippen LogP contribution in [0.25, 0.3) is 0 Å². The summed E-state index contributed by atoms with van der Waals surface area (Å²) in [5.74, 6) is 1.06. The lowest BCUT2D eigenvalue weighted by molar-refractivity contribution is 0.256. The Bertz CT molecular complexity index is 824. The summed E-state index contributed by atoms with van der Waals surface area (Å²) < 4.78 is 0. The smallest absolute Gasteiger partial charge is 0.229 e. The summed E-state index contributed by atoms with van der Waals surface area (Å²) in [7, 11) is 0. The van der Waals surface area contributed by atoms with Gasteiger partial charge in [-0.15, -0.1) is 0 Å². The zero-order valence-corrected chi connectivity index (χ0v) is 14.6. The van der Waals surface area contributed by atoms with Gasteiger partial charge in [0.25, 0.3) is 0 Å². The van der Waals surface area contributed by atoms with Gasteiger partial charge in [0.05, 0.1) is 11.7 Å². The fourth-order valence-corrected chi connectivity index (χ4v) is 3.43. The molecule has 3 heterocycles. The van der Waals surface area contributed by atoms with Crippen LogP contribution in [-0.2, 0) is 6.42 Å². The molecule has 1 aromatic carbocycles. The van der Waals surface area contributed by atoms with Crippen LogP contribution in [0.15, 0.2) is 61.1 Å². The first-order valence-corrected chi connectivity index (χ1v) is 9.03. The topological polar surface area (TPSA) is 66.8 Å². The van der Waals surface area contributed by atoms with E-state index >= 15 is 0 Å². The van der Waals surface area contributed by atoms with Crippen LogP contribution >= 0.6 is 0 Å². The summed E-state index contributed by atoms with van der Waals surface area (Å²) in [5.41, 5.74) is 2.44. The van der Waals surface area contributed by atoms with E-state index in [2.05, 4.69) is 55.5 Å². The van der Waals surface area contributed by atoms with Crippen LogP contribution < -0.4 is 5.32 Å². The molecule has 0 saturated carbocycles. The zero-order chi connectivity index (χ0) is 17.6. The summed E-state index contributed by atoms with van der Waals surface area (Å²) in [6.45, 7) is 2.16. The highest BCUT2D eigenvalue weighted by Gasteiger charge is 2.27. The molecule has 1 aliphatic heterocycles. The lowest BCUT2D eigenvalue weighted by atomic mass is 10.1. The Hall–Kier alpha value is -2.86. The highest BCUT2D eigenvalue weighted by atomic mass is 15.2. The number of nitrogens with zero attached hydrogens (tertiary/aromatic N) is 5. The van der Waals surface area contributed by atoms with Gasteiger partial charge in [-0.1, -0.05) is 30.3 Å². The Morgan fingerprint density at radius 2 is 1.73 bits per heavy atom. The molecule has 0 unspecified atom stereocenters. The van der Waals surface area contributed by atoms with E-state index < -0.39 is 0 Å². The van der Waals surface area contributed by atoms with Crippen LogP contribution in [0.3, 0.4) is 0 Å². The molecule has 26 heavy (non-hydrogen) atoms. The summed E-state index contributed by atoms with van der Waals surface area (Å²) in [6.07, 6.45) is 8.59. The normalized spacial score (nSPS) is 17.3. The average molecular weight is 346 g/mol. The van der Waals surface area contributed by atoms with Crippen LogP contribution in [-0.4, -0.2) is 37.9 Å². The van der Waals surface area contributed by atoms with Gasteiger partial charge in [0.15, 0.2) is 0 Å². The SMILES string of the molecule is c1ccc(CCN2CCC[C@@H]2c2ccnc(Nc3ncccn3)n2)cc1. The molecule has 132 valence electrons. The first kappa shape index (κ1) is 16.6. The number of aromatic nitrogens is 4. The Morgan fingerprint density at radius 1 is 0.923 bits per heavy atom. The van der Waals surface area contributed by atoms with Crippen LogP contribution in [0.4, 0.5) is 11.9 Å². The third kappa shape index (κ3) is 4.03. The maximum Gasteiger partial charge on any atom is 0.229 e. The van der Waals surface area contributed by atoms with Crippen molar-refractivity contribution in [2.24, 2.45) is 0 Å². The Balaban J connectivity index is 1.44. The summed E-state index contributed by atoms with van der Waals surface area (Å²) in [4.78, 5) is 19.9. The predicted octanol–water partition coefficient (Wildman–Crippen LogP) is 3.39. The molecule has 1 fully saturated rings. The van der Waals surface area contributed by atoms with Crippen molar-refractivity contribution in [3.8, 4) is 0 Å². The van der Waals surface area contributed by atoms with Crippen molar-refractivity contribution in [3.63, 3.8) is 0 Å². The third-order valence-electron chi connectivity index (χ3n) is 4.70. The molecule has 0 radical (unpaired) electrons. The van der Waals surface area contributed by atoms with Crippen molar-refractivity contribution in [3.05, 3.63) is 72.3 Å². The average Bonchev–Trinajstić information content (AvgIpc) is 3.17. The monoisotopic (exact) mass is 346 g/mol. The minimum absolute atomic E-state index is 0.346. The van der Waals surface area contributed by atoms with Gasteiger partial charge in [-0.25, -0.2) is 19.9 Å². The number of likely N-dealkylation sites (tertiary alicyclic amines) is 1. The molecule has 1 saturated heterocycles. The van der Waals surface area contributed by atoms with Crippen molar-refractivity contribution in [2.75, 3.05) is 18.4 Å². The molecular formula is C20H22N6. The van der Waals surface area contributed by atoms with E-state index in [4.69, 9.17) is 4.98 Å². The fraction of sp³-hybridized carbons (Fsp3) is 0.300. The van der Waals surface area contributed by atoms with Gasteiger partial charge in [0.2, 0.25) is 11.9 Å². The minimum atomic E-state index is 0.346. The summed E-state index contributed by atoms with van der Waals surface area (Å²) >= 11 is 0. The van der Waals surface area contributed by atoms with Gasteiger partial charge in [-0.05, 0) is 43.5 Å². The number of rotatable bonds is 6. The number of benzene rings is 1. The molecule has 1 N–H and O–H groups in total. The van der Waals surface area contributed by atoms with Crippen molar-refractivity contribution in [1.82, 2.24) is 24.8 Å². The minimum Gasteiger partial charge on any atom is -0.294 e. The molecule has 0 aliphatic carbocycles. The second kappa shape index (κ2) is 8.01. The maximum absolute atomic E-state index is 4.71. The molecule has 6 heteroatoms. The second-order valence-electron chi connectivity index (χ2n) is 6.43. The second-order valence-corrected chi connectivity index (χ2v) is 6.43. The standard InChI is InChI=1S/C20H22N6/c1-2-6-16(7-3-1)10-15-26-14-4-8-18(26)17-9-13-23-20(24-17)25-19-21-11-5-12-22-19/h1-3,5-7,9,11-13,18H,4,8,10,14-15H2,(H,21,22,23,24,25)/t18-/m1/s1. The first-order valence-electron chi connectivity index (χ1n) is 9.03. The Kier molecular flexibility index (Phi) is 5.12. The van der Waals surface area contributed by atoms with E-state index in [1.54, 1.807) is 24.7 Å². The van der Waals surface area contributed by atoms with Gasteiger partial charge < -0.3 is 0 Å². The van der Waals surface area contributed by atoms with Crippen LogP contribution in [0.5, 0.6) is 0 Å². The van der Waals surface area contributed by atoms with Crippen molar-refractivity contribution >= 4 is 11.9 Å². The summed E-state index contributed by atoms with van der Waals surface area (Å²) in [6, 6.07) is 14.8. The van der Waals surface area contributed by atoms with E-state index in [9.17, 15) is 0 Å². The van der Waals surface area contributed by atoms with Crippen molar-refractivity contribution < 1.29 is 0 Å².